The van der Waals surface area contributed by atoms with E-state index in [4.69, 9.17) is 17.0 Å². The molecule has 0 atom stereocenters. The third kappa shape index (κ3) is 3.84. The largest absolute Gasteiger partial charge is 0.462 e. The molecule has 1 saturated heterocycles. The van der Waals surface area contributed by atoms with Crippen molar-refractivity contribution in [3.8, 4) is 0 Å². The minimum Gasteiger partial charge on any atom is -0.462 e. The summed E-state index contributed by atoms with van der Waals surface area (Å²) in [7, 11) is 0. The van der Waals surface area contributed by atoms with Gasteiger partial charge in [-0.25, -0.2) is 4.79 Å². The van der Waals surface area contributed by atoms with Crippen LogP contribution in [0, 0.1) is 0 Å². The molecular weight excluding hydrogens is 280 g/mol. The van der Waals surface area contributed by atoms with Gasteiger partial charge in [-0.1, -0.05) is 6.07 Å². The monoisotopic (exact) mass is 296 g/mol. The molecule has 0 radical (unpaired) electrons. The Hall–Kier alpha value is -1.27. The van der Waals surface area contributed by atoms with Crippen LogP contribution in [0.25, 0.3) is 0 Å². The molecule has 0 aliphatic carbocycles. The van der Waals surface area contributed by atoms with Gasteiger partial charge in [-0.05, 0) is 37.3 Å². The first-order valence-electron chi connectivity index (χ1n) is 6.11. The molecule has 0 amide bonds. The normalized spacial score (nSPS) is 14.3. The number of ether oxygens (including phenoxy) is 1. The standard InChI is InChI=1S/C13H16N2O2S2/c1-2-17-12(16)10-4-3-5-11(8-10)14-13(18)15-6-7-19-9-15/h3-5,8H,2,6-7,9H2,1H3,(H,14,18). The number of carbonyl (C=O) groups excluding carboxylic acids is 1. The van der Waals surface area contributed by atoms with Gasteiger partial charge in [-0.15, -0.1) is 11.8 Å². The van der Waals surface area contributed by atoms with Crippen molar-refractivity contribution < 1.29 is 9.53 Å². The number of carbonyl (C=O) groups is 1. The summed E-state index contributed by atoms with van der Waals surface area (Å²) in [5, 5.41) is 3.86. The van der Waals surface area contributed by atoms with E-state index in [1.807, 2.05) is 23.9 Å². The molecule has 1 aliphatic heterocycles. The molecule has 1 aromatic rings. The van der Waals surface area contributed by atoms with E-state index in [-0.39, 0.29) is 5.97 Å². The van der Waals surface area contributed by atoms with Gasteiger partial charge in [-0.3, -0.25) is 0 Å². The lowest BCUT2D eigenvalue weighted by Gasteiger charge is -2.19. The van der Waals surface area contributed by atoms with Crippen LogP contribution in [0.5, 0.6) is 0 Å². The molecule has 1 heterocycles. The molecule has 102 valence electrons. The summed E-state index contributed by atoms with van der Waals surface area (Å²) in [6, 6.07) is 7.19. The molecule has 0 saturated carbocycles. The lowest BCUT2D eigenvalue weighted by molar-refractivity contribution is 0.0526. The first-order chi connectivity index (χ1) is 9.20. The van der Waals surface area contributed by atoms with E-state index in [1.54, 1.807) is 19.1 Å². The van der Waals surface area contributed by atoms with Crippen LogP contribution in [-0.4, -0.2) is 40.8 Å². The number of thiocarbonyl (C=S) groups is 1. The summed E-state index contributed by atoms with van der Waals surface area (Å²) < 4.78 is 4.97. The van der Waals surface area contributed by atoms with Crippen molar-refractivity contribution in [1.29, 1.82) is 0 Å². The first-order valence-corrected chi connectivity index (χ1v) is 7.68. The Morgan fingerprint density at radius 1 is 1.58 bits per heavy atom. The predicted molar refractivity (Wildman–Crippen MR) is 82.7 cm³/mol. The molecule has 0 aromatic heterocycles. The molecule has 1 aromatic carbocycles. The topological polar surface area (TPSA) is 41.6 Å². The molecule has 1 N–H and O–H groups in total. The maximum Gasteiger partial charge on any atom is 0.338 e. The van der Waals surface area contributed by atoms with Crippen molar-refractivity contribution in [3.63, 3.8) is 0 Å². The van der Waals surface area contributed by atoms with Gasteiger partial charge in [0.25, 0.3) is 0 Å². The van der Waals surface area contributed by atoms with Crippen LogP contribution in [0.2, 0.25) is 0 Å². The molecule has 4 nitrogen and oxygen atoms in total. The maximum absolute atomic E-state index is 11.6. The van der Waals surface area contributed by atoms with Crippen molar-refractivity contribution in [2.45, 2.75) is 6.92 Å². The van der Waals surface area contributed by atoms with Gasteiger partial charge in [0.05, 0.1) is 18.0 Å². The Morgan fingerprint density at radius 2 is 2.42 bits per heavy atom. The molecule has 0 bridgehead atoms. The number of thioether (sulfide) groups is 1. The fraction of sp³-hybridized carbons (Fsp3) is 0.385. The fourth-order valence-electron chi connectivity index (χ4n) is 1.72. The van der Waals surface area contributed by atoms with Crippen LogP contribution in [0.3, 0.4) is 0 Å². The Morgan fingerprint density at radius 3 is 3.11 bits per heavy atom. The number of rotatable bonds is 3. The van der Waals surface area contributed by atoms with E-state index in [0.717, 1.165) is 23.9 Å². The van der Waals surface area contributed by atoms with E-state index < -0.39 is 0 Å². The van der Waals surface area contributed by atoms with E-state index in [9.17, 15) is 4.79 Å². The van der Waals surface area contributed by atoms with Gasteiger partial charge in [0.2, 0.25) is 0 Å². The van der Waals surface area contributed by atoms with Crippen LogP contribution in [-0.2, 0) is 4.74 Å². The summed E-state index contributed by atoms with van der Waals surface area (Å²) >= 11 is 7.20. The van der Waals surface area contributed by atoms with Crippen LogP contribution in [0.4, 0.5) is 5.69 Å². The minimum atomic E-state index is -0.311. The Kier molecular flexibility index (Phi) is 5.04. The second-order valence-corrected chi connectivity index (χ2v) is 5.49. The summed E-state index contributed by atoms with van der Waals surface area (Å²) in [6.07, 6.45) is 0. The van der Waals surface area contributed by atoms with Crippen LogP contribution >= 0.6 is 24.0 Å². The minimum absolute atomic E-state index is 0.311. The van der Waals surface area contributed by atoms with Crippen molar-refractivity contribution >= 4 is 40.7 Å². The first kappa shape index (κ1) is 14.1. The molecule has 2 rings (SSSR count). The lowest BCUT2D eigenvalue weighted by atomic mass is 10.2. The summed E-state index contributed by atoms with van der Waals surface area (Å²) in [4.78, 5) is 13.8. The van der Waals surface area contributed by atoms with Crippen LogP contribution in [0.1, 0.15) is 17.3 Å². The van der Waals surface area contributed by atoms with E-state index in [0.29, 0.717) is 17.3 Å². The third-order valence-corrected chi connectivity index (χ3v) is 3.99. The van der Waals surface area contributed by atoms with Crippen molar-refractivity contribution in [2.75, 3.05) is 30.1 Å². The molecule has 0 spiro atoms. The zero-order chi connectivity index (χ0) is 13.7. The molecule has 6 heteroatoms. The molecular formula is C13H16N2O2S2. The number of nitrogens with one attached hydrogen (secondary N) is 1. The maximum atomic E-state index is 11.6. The number of benzene rings is 1. The Bertz CT molecular complexity index is 473. The summed E-state index contributed by atoms with van der Waals surface area (Å²) in [6.45, 7) is 3.13. The Balaban J connectivity index is 2.02. The fourth-order valence-corrected chi connectivity index (χ4v) is 3.03. The van der Waals surface area contributed by atoms with Gasteiger partial charge in [0, 0.05) is 18.0 Å². The molecule has 0 unspecified atom stereocenters. The highest BCUT2D eigenvalue weighted by molar-refractivity contribution is 7.99. The summed E-state index contributed by atoms with van der Waals surface area (Å²) in [5.41, 5.74) is 1.35. The smallest absolute Gasteiger partial charge is 0.338 e. The molecule has 1 fully saturated rings. The number of hydrogen-bond acceptors (Lipinski definition) is 4. The SMILES string of the molecule is CCOC(=O)c1cccc(NC(=S)N2CCSC2)c1. The highest BCUT2D eigenvalue weighted by Crippen LogP contribution is 2.17. The van der Waals surface area contributed by atoms with Crippen LogP contribution in [0.15, 0.2) is 24.3 Å². The van der Waals surface area contributed by atoms with Crippen molar-refractivity contribution in [2.24, 2.45) is 0 Å². The zero-order valence-corrected chi connectivity index (χ0v) is 12.4. The van der Waals surface area contributed by atoms with Crippen molar-refractivity contribution in [1.82, 2.24) is 4.90 Å². The quantitative estimate of drug-likeness (QED) is 0.683. The van der Waals surface area contributed by atoms with E-state index >= 15 is 0 Å². The third-order valence-electron chi connectivity index (χ3n) is 2.66. The number of hydrogen-bond donors (Lipinski definition) is 1. The van der Waals surface area contributed by atoms with E-state index in [1.165, 1.54) is 0 Å². The highest BCUT2D eigenvalue weighted by Gasteiger charge is 2.15. The number of anilines is 1. The number of nitrogens with zero attached hydrogens (tertiary/aromatic N) is 1. The second-order valence-electron chi connectivity index (χ2n) is 4.03. The average Bonchev–Trinajstić information content (AvgIpc) is 2.93. The van der Waals surface area contributed by atoms with Gasteiger partial charge in [-0.2, -0.15) is 0 Å². The van der Waals surface area contributed by atoms with Gasteiger partial charge in [0.15, 0.2) is 5.11 Å². The van der Waals surface area contributed by atoms with E-state index in [2.05, 4.69) is 10.2 Å². The van der Waals surface area contributed by atoms with Gasteiger partial charge in [0.1, 0.15) is 0 Å². The van der Waals surface area contributed by atoms with Crippen LogP contribution < -0.4 is 5.32 Å². The lowest BCUT2D eigenvalue weighted by Crippen LogP contribution is -2.32. The Labute approximate surface area is 122 Å². The highest BCUT2D eigenvalue weighted by atomic mass is 32.2. The predicted octanol–water partition coefficient (Wildman–Crippen LogP) is 2.57. The average molecular weight is 296 g/mol. The molecule has 19 heavy (non-hydrogen) atoms. The van der Waals surface area contributed by atoms with Crippen molar-refractivity contribution in [3.05, 3.63) is 29.8 Å². The summed E-state index contributed by atoms with van der Waals surface area (Å²) in [5.74, 6) is 1.71. The van der Waals surface area contributed by atoms with Gasteiger partial charge >= 0.3 is 5.97 Å². The second kappa shape index (κ2) is 6.77. The molecule has 1 aliphatic rings. The zero-order valence-electron chi connectivity index (χ0n) is 10.7. The van der Waals surface area contributed by atoms with Gasteiger partial charge < -0.3 is 15.0 Å². The number of esters is 1.